The molecule has 216 valence electrons. The van der Waals surface area contributed by atoms with Crippen molar-refractivity contribution in [2.45, 2.75) is 38.2 Å². The van der Waals surface area contributed by atoms with Gasteiger partial charge in [0.1, 0.15) is 18.5 Å². The maximum Gasteiger partial charge on any atom is 0.418 e. The number of para-hydroxylation sites is 1. The van der Waals surface area contributed by atoms with E-state index in [2.05, 4.69) is 10.6 Å². The number of alkyl halides is 4. The predicted octanol–water partition coefficient (Wildman–Crippen LogP) is 5.92. The van der Waals surface area contributed by atoms with Gasteiger partial charge >= 0.3 is 18.2 Å². The zero-order chi connectivity index (χ0) is 29.7. The number of hydrogen-bond acceptors (Lipinski definition) is 4. The number of hydrogen-bond donors (Lipinski definition) is 3. The van der Waals surface area contributed by atoms with Crippen LogP contribution in [0.25, 0.3) is 0 Å². The number of likely N-dealkylation sites (tertiary alicyclic amines) is 1. The molecule has 0 saturated carbocycles. The minimum absolute atomic E-state index is 0.00832. The molecule has 1 saturated heterocycles. The molecular formula is C29H27F4N3O5. The van der Waals surface area contributed by atoms with Crippen LogP contribution in [0.1, 0.15) is 33.5 Å². The van der Waals surface area contributed by atoms with E-state index in [9.17, 15) is 31.9 Å². The van der Waals surface area contributed by atoms with Crippen molar-refractivity contribution in [1.29, 1.82) is 0 Å². The zero-order valence-corrected chi connectivity index (χ0v) is 21.9. The summed E-state index contributed by atoms with van der Waals surface area (Å²) in [4.78, 5) is 37.7. The van der Waals surface area contributed by atoms with Crippen molar-refractivity contribution in [3.8, 4) is 5.75 Å². The minimum Gasteiger partial charge on any atom is -0.491 e. The molecule has 4 rings (SSSR count). The van der Waals surface area contributed by atoms with Gasteiger partial charge < -0.3 is 25.4 Å². The normalized spacial score (nSPS) is 16.8. The van der Waals surface area contributed by atoms with E-state index in [-0.39, 0.29) is 30.7 Å². The Bertz CT molecular complexity index is 1430. The number of anilines is 2. The number of aromatic carboxylic acids is 1. The molecule has 1 fully saturated rings. The van der Waals surface area contributed by atoms with Gasteiger partial charge in [-0.2, -0.15) is 13.2 Å². The van der Waals surface area contributed by atoms with Crippen molar-refractivity contribution in [1.82, 2.24) is 4.90 Å². The highest BCUT2D eigenvalue weighted by atomic mass is 19.4. The van der Waals surface area contributed by atoms with Crippen molar-refractivity contribution in [3.05, 3.63) is 89.0 Å². The van der Waals surface area contributed by atoms with E-state index in [1.807, 2.05) is 0 Å². The second-order valence-corrected chi connectivity index (χ2v) is 9.62. The summed E-state index contributed by atoms with van der Waals surface area (Å²) < 4.78 is 61.5. The number of rotatable bonds is 8. The molecule has 12 heteroatoms. The highest BCUT2D eigenvalue weighted by Gasteiger charge is 2.37. The molecule has 41 heavy (non-hydrogen) atoms. The number of urea groups is 1. The molecule has 8 nitrogen and oxygen atoms in total. The molecule has 2 atom stereocenters. The lowest BCUT2D eigenvalue weighted by atomic mass is 10.0. The van der Waals surface area contributed by atoms with Crippen LogP contribution in [-0.4, -0.2) is 53.3 Å². The number of aryl methyl sites for hydroxylation is 1. The quantitative estimate of drug-likeness (QED) is 0.290. The monoisotopic (exact) mass is 573 g/mol. The van der Waals surface area contributed by atoms with Crippen LogP contribution in [0.3, 0.4) is 0 Å². The smallest absolute Gasteiger partial charge is 0.418 e. The molecule has 0 aliphatic carbocycles. The molecule has 0 aromatic heterocycles. The third kappa shape index (κ3) is 7.53. The largest absolute Gasteiger partial charge is 0.491 e. The molecule has 1 aliphatic heterocycles. The maximum absolute atomic E-state index is 14.3. The van der Waals surface area contributed by atoms with Crippen LogP contribution >= 0.6 is 0 Å². The SMILES string of the molecule is Cc1ccccc1NC(=O)Nc1ccc(CC(=O)N2C[C@@H](F)C[C@H]2COc2ccc(C(=O)O)cc2)cc1C(F)(F)F. The number of nitrogens with zero attached hydrogens (tertiary/aromatic N) is 1. The van der Waals surface area contributed by atoms with Crippen molar-refractivity contribution in [2.75, 3.05) is 23.8 Å². The Hall–Kier alpha value is -4.61. The number of nitrogens with one attached hydrogen (secondary N) is 2. The van der Waals surface area contributed by atoms with Gasteiger partial charge in [-0.3, -0.25) is 4.79 Å². The molecule has 3 aromatic carbocycles. The third-order valence-corrected chi connectivity index (χ3v) is 6.61. The van der Waals surface area contributed by atoms with Gasteiger partial charge in [0.05, 0.1) is 35.8 Å². The summed E-state index contributed by atoms with van der Waals surface area (Å²) in [5.41, 5.74) is -0.344. The van der Waals surface area contributed by atoms with Crippen LogP contribution in [0, 0.1) is 6.92 Å². The number of halogens is 4. The summed E-state index contributed by atoms with van der Waals surface area (Å²) >= 11 is 0. The van der Waals surface area contributed by atoms with Gasteiger partial charge in [0.2, 0.25) is 5.91 Å². The summed E-state index contributed by atoms with van der Waals surface area (Å²) in [5, 5.41) is 13.7. The minimum atomic E-state index is -4.82. The fourth-order valence-corrected chi connectivity index (χ4v) is 4.52. The van der Waals surface area contributed by atoms with Crippen LogP contribution in [-0.2, 0) is 17.4 Å². The highest BCUT2D eigenvalue weighted by Crippen LogP contribution is 2.36. The number of ether oxygens (including phenoxy) is 1. The summed E-state index contributed by atoms with van der Waals surface area (Å²) in [7, 11) is 0. The Morgan fingerprint density at radius 1 is 1.00 bits per heavy atom. The summed E-state index contributed by atoms with van der Waals surface area (Å²) in [6.45, 7) is 1.43. The van der Waals surface area contributed by atoms with Crippen LogP contribution in [0.5, 0.6) is 5.75 Å². The van der Waals surface area contributed by atoms with E-state index in [1.54, 1.807) is 31.2 Å². The summed E-state index contributed by atoms with van der Waals surface area (Å²) in [5.74, 6) is -1.35. The second-order valence-electron chi connectivity index (χ2n) is 9.62. The Morgan fingerprint density at radius 3 is 2.34 bits per heavy atom. The van der Waals surface area contributed by atoms with E-state index >= 15 is 0 Å². The van der Waals surface area contributed by atoms with E-state index < -0.39 is 54.0 Å². The standard InChI is InChI=1S/C29H27F4N3O5/c1-17-4-2-3-5-24(17)34-28(40)35-25-11-6-18(12-23(25)29(31,32)33)13-26(37)36-15-20(30)14-21(36)16-41-22-9-7-19(8-10-22)27(38)39/h2-12,20-21H,13-16H2,1H3,(H,38,39)(H2,34,35,40)/t20-,21-/m0/s1. The zero-order valence-electron chi connectivity index (χ0n) is 21.9. The first-order chi connectivity index (χ1) is 19.4. The van der Waals surface area contributed by atoms with Gasteiger partial charge in [-0.25, -0.2) is 14.0 Å². The first kappa shape index (κ1) is 29.4. The van der Waals surface area contributed by atoms with Crippen LogP contribution in [0.4, 0.5) is 33.7 Å². The van der Waals surface area contributed by atoms with Crippen molar-refractivity contribution in [3.63, 3.8) is 0 Å². The van der Waals surface area contributed by atoms with Crippen LogP contribution < -0.4 is 15.4 Å². The van der Waals surface area contributed by atoms with Crippen molar-refractivity contribution in [2.24, 2.45) is 0 Å². The molecular weight excluding hydrogens is 546 g/mol. The Kier molecular flexibility index (Phi) is 8.80. The topological polar surface area (TPSA) is 108 Å². The Morgan fingerprint density at radius 2 is 1.68 bits per heavy atom. The fraction of sp³-hybridized carbons (Fsp3) is 0.276. The van der Waals surface area contributed by atoms with Crippen molar-refractivity contribution < 1.29 is 41.8 Å². The highest BCUT2D eigenvalue weighted by molar-refractivity contribution is 6.00. The molecule has 0 unspecified atom stereocenters. The molecule has 1 aliphatic rings. The van der Waals surface area contributed by atoms with Crippen LogP contribution in [0.2, 0.25) is 0 Å². The number of carbonyl (C=O) groups excluding carboxylic acids is 2. The molecule has 3 aromatic rings. The first-order valence-corrected chi connectivity index (χ1v) is 12.6. The number of carbonyl (C=O) groups is 3. The lowest BCUT2D eigenvalue weighted by Crippen LogP contribution is -2.40. The van der Waals surface area contributed by atoms with Gasteiger partial charge in [-0.15, -0.1) is 0 Å². The van der Waals surface area contributed by atoms with E-state index in [4.69, 9.17) is 9.84 Å². The van der Waals surface area contributed by atoms with Gasteiger partial charge in [0.15, 0.2) is 0 Å². The average Bonchev–Trinajstić information content (AvgIpc) is 3.30. The average molecular weight is 574 g/mol. The molecule has 3 N–H and O–H groups in total. The van der Waals surface area contributed by atoms with Gasteiger partial charge in [0, 0.05) is 12.1 Å². The first-order valence-electron chi connectivity index (χ1n) is 12.6. The summed E-state index contributed by atoms with van der Waals surface area (Å²) in [6, 6.07) is 14.0. The van der Waals surface area contributed by atoms with E-state index in [1.165, 1.54) is 35.2 Å². The summed E-state index contributed by atoms with van der Waals surface area (Å²) in [6.07, 6.45) is -6.58. The van der Waals surface area contributed by atoms with Gasteiger partial charge in [0.25, 0.3) is 0 Å². The molecule has 3 amide bonds. The lowest BCUT2D eigenvalue weighted by molar-refractivity contribution is -0.137. The third-order valence-electron chi connectivity index (χ3n) is 6.61. The van der Waals surface area contributed by atoms with Gasteiger partial charge in [-0.05, 0) is 60.5 Å². The lowest BCUT2D eigenvalue weighted by Gasteiger charge is -2.25. The van der Waals surface area contributed by atoms with Crippen molar-refractivity contribution >= 4 is 29.3 Å². The molecule has 0 bridgehead atoms. The van der Waals surface area contributed by atoms with Crippen LogP contribution in [0.15, 0.2) is 66.7 Å². The van der Waals surface area contributed by atoms with E-state index in [0.29, 0.717) is 11.4 Å². The Labute approximate surface area is 232 Å². The molecule has 1 heterocycles. The second kappa shape index (κ2) is 12.3. The molecule has 0 spiro atoms. The van der Waals surface area contributed by atoms with E-state index in [0.717, 1.165) is 17.7 Å². The number of benzene rings is 3. The number of carboxylic acids is 1. The maximum atomic E-state index is 14.3. The number of amides is 3. The number of carboxylic acid groups (broad SMARTS) is 1. The Balaban J connectivity index is 1.43. The fourth-order valence-electron chi connectivity index (χ4n) is 4.52. The predicted molar refractivity (Wildman–Crippen MR) is 143 cm³/mol. The van der Waals surface area contributed by atoms with Gasteiger partial charge in [-0.1, -0.05) is 24.3 Å². The molecule has 0 radical (unpaired) electrons.